The molecule has 0 saturated heterocycles. The number of amides is 3. The number of anilines is 2. The van der Waals surface area contributed by atoms with E-state index in [-0.39, 0.29) is 40.0 Å². The van der Waals surface area contributed by atoms with Crippen molar-refractivity contribution in [1.82, 2.24) is 5.32 Å². The van der Waals surface area contributed by atoms with Gasteiger partial charge >= 0.3 is 0 Å². The molecule has 5 aromatic carbocycles. The van der Waals surface area contributed by atoms with Crippen molar-refractivity contribution in [3.63, 3.8) is 0 Å². The largest absolute Gasteiger partial charge is 0.324 e. The summed E-state index contributed by atoms with van der Waals surface area (Å²) >= 11 is 7.65. The second-order valence-electron chi connectivity index (χ2n) is 11.3. The van der Waals surface area contributed by atoms with E-state index >= 15 is 0 Å². The van der Waals surface area contributed by atoms with Crippen LogP contribution in [0.5, 0.6) is 0 Å². The molecule has 10 heteroatoms. The van der Waals surface area contributed by atoms with Crippen LogP contribution in [0.15, 0.2) is 132 Å². The Labute approximate surface area is 297 Å². The van der Waals surface area contributed by atoms with Crippen LogP contribution in [0.4, 0.5) is 11.4 Å². The lowest BCUT2D eigenvalue weighted by molar-refractivity contribution is -0.116. The lowest BCUT2D eigenvalue weighted by Crippen LogP contribution is -2.30. The Morgan fingerprint density at radius 2 is 1.40 bits per heavy atom. The van der Waals surface area contributed by atoms with Gasteiger partial charge in [0.25, 0.3) is 11.8 Å². The van der Waals surface area contributed by atoms with Gasteiger partial charge in [-0.1, -0.05) is 97.4 Å². The van der Waals surface area contributed by atoms with Gasteiger partial charge in [0.05, 0.1) is 16.5 Å². The van der Waals surface area contributed by atoms with Gasteiger partial charge in [-0.05, 0) is 60.5 Å². The summed E-state index contributed by atoms with van der Waals surface area (Å²) < 4.78 is 0. The predicted molar refractivity (Wildman–Crippen MR) is 197 cm³/mol. The third-order valence-electron chi connectivity index (χ3n) is 7.98. The van der Waals surface area contributed by atoms with Gasteiger partial charge in [0.15, 0.2) is 11.6 Å². The third kappa shape index (κ3) is 7.44. The number of fused-ring (bicyclic) bond motifs is 2. The zero-order valence-electron chi connectivity index (χ0n) is 26.7. The molecule has 0 saturated carbocycles. The van der Waals surface area contributed by atoms with Gasteiger partial charge in [-0.2, -0.15) is 0 Å². The lowest BCUT2D eigenvalue weighted by Gasteiger charge is -2.21. The van der Waals surface area contributed by atoms with E-state index in [4.69, 9.17) is 11.6 Å². The van der Waals surface area contributed by atoms with E-state index in [9.17, 15) is 24.0 Å². The van der Waals surface area contributed by atoms with Gasteiger partial charge in [0.2, 0.25) is 5.91 Å². The van der Waals surface area contributed by atoms with Gasteiger partial charge in [-0.15, -0.1) is 11.8 Å². The zero-order valence-corrected chi connectivity index (χ0v) is 28.3. The number of nitrogens with one attached hydrogen (secondary N) is 3. The SMILES string of the molecule is CCC(Sc1cccc(NC(=O)/C(=C\c2ccccc2Cl)NC(=O)c2ccccc2)c1)C(=O)Nc1cccc2c1C(=O)c1ccccc1C2=O. The Kier molecular flexibility index (Phi) is 10.4. The maximum absolute atomic E-state index is 13.6. The molecular weight excluding hydrogens is 670 g/mol. The van der Waals surface area contributed by atoms with Crippen molar-refractivity contribution in [1.29, 1.82) is 0 Å². The maximum Gasteiger partial charge on any atom is 0.272 e. The van der Waals surface area contributed by atoms with Crippen molar-refractivity contribution < 1.29 is 24.0 Å². The third-order valence-corrected chi connectivity index (χ3v) is 9.68. The van der Waals surface area contributed by atoms with E-state index in [1.807, 2.05) is 13.0 Å². The molecule has 50 heavy (non-hydrogen) atoms. The summed E-state index contributed by atoms with van der Waals surface area (Å²) in [7, 11) is 0. The molecule has 1 atom stereocenters. The molecule has 0 fully saturated rings. The first-order chi connectivity index (χ1) is 24.2. The molecule has 3 amide bonds. The Hall–Kier alpha value is -5.77. The van der Waals surface area contributed by atoms with Crippen LogP contribution in [0.1, 0.15) is 61.1 Å². The molecule has 1 aliphatic carbocycles. The normalized spacial score (nSPS) is 12.7. The van der Waals surface area contributed by atoms with Gasteiger partial charge < -0.3 is 16.0 Å². The molecular formula is C40H30ClN3O5S. The Morgan fingerprint density at radius 1 is 0.740 bits per heavy atom. The van der Waals surface area contributed by atoms with Gasteiger partial charge in [0.1, 0.15) is 5.70 Å². The molecule has 0 aliphatic heterocycles. The molecule has 0 aromatic heterocycles. The van der Waals surface area contributed by atoms with E-state index in [0.717, 1.165) is 0 Å². The fraction of sp³-hybridized carbons (Fsp3) is 0.0750. The van der Waals surface area contributed by atoms with E-state index in [1.165, 1.54) is 17.8 Å². The molecule has 0 radical (unpaired) electrons. The topological polar surface area (TPSA) is 121 Å². The van der Waals surface area contributed by atoms with Crippen LogP contribution >= 0.6 is 23.4 Å². The number of carbonyl (C=O) groups is 5. The van der Waals surface area contributed by atoms with Crippen molar-refractivity contribution in [3.8, 4) is 0 Å². The van der Waals surface area contributed by atoms with Gasteiger partial charge in [0, 0.05) is 37.9 Å². The Morgan fingerprint density at radius 3 is 2.14 bits per heavy atom. The number of rotatable bonds is 10. The number of hydrogen-bond acceptors (Lipinski definition) is 6. The molecule has 1 aliphatic rings. The first-order valence-electron chi connectivity index (χ1n) is 15.8. The van der Waals surface area contributed by atoms with Crippen molar-refractivity contribution in [2.24, 2.45) is 0 Å². The highest BCUT2D eigenvalue weighted by Gasteiger charge is 2.32. The second-order valence-corrected chi connectivity index (χ2v) is 13.0. The first-order valence-corrected chi connectivity index (χ1v) is 17.0. The molecule has 0 heterocycles. The standard InChI is InChI=1S/C40H30ClN3O5S/c1-2-34(40(49)43-32-21-11-19-30-35(32)37(46)29-18-8-7-17-28(29)36(30)45)50-27-16-10-15-26(23-27)42-39(48)33(22-25-14-6-9-20-31(25)41)44-38(47)24-12-4-3-5-13-24/h3-23,34H,2H2,1H3,(H,42,48)(H,43,49)(H,44,47)/b33-22+. The van der Waals surface area contributed by atoms with Crippen LogP contribution in [0.3, 0.4) is 0 Å². The van der Waals surface area contributed by atoms with E-state index in [0.29, 0.717) is 44.3 Å². The molecule has 8 nitrogen and oxygen atoms in total. The minimum Gasteiger partial charge on any atom is -0.324 e. The summed E-state index contributed by atoms with van der Waals surface area (Å²) in [6.45, 7) is 1.87. The minimum atomic E-state index is -0.573. The van der Waals surface area contributed by atoms with Crippen LogP contribution in [0.2, 0.25) is 5.02 Å². The number of benzene rings is 5. The number of carbonyl (C=O) groups excluding carboxylic acids is 5. The number of ketones is 2. The first kappa shape index (κ1) is 34.1. The predicted octanol–water partition coefficient (Wildman–Crippen LogP) is 8.03. The van der Waals surface area contributed by atoms with Crippen molar-refractivity contribution >= 4 is 70.1 Å². The van der Waals surface area contributed by atoms with Crippen LogP contribution in [0.25, 0.3) is 6.08 Å². The fourth-order valence-corrected chi connectivity index (χ4v) is 6.69. The summed E-state index contributed by atoms with van der Waals surface area (Å²) in [5, 5.41) is 8.27. The molecule has 5 aromatic rings. The average Bonchev–Trinajstić information content (AvgIpc) is 3.13. The van der Waals surface area contributed by atoms with Gasteiger partial charge in [-0.3, -0.25) is 24.0 Å². The average molecular weight is 700 g/mol. The molecule has 0 bridgehead atoms. The lowest BCUT2D eigenvalue weighted by atomic mass is 9.83. The van der Waals surface area contributed by atoms with E-state index in [2.05, 4.69) is 16.0 Å². The zero-order chi connectivity index (χ0) is 35.2. The Balaban J connectivity index is 1.19. The molecule has 3 N–H and O–H groups in total. The van der Waals surface area contributed by atoms with E-state index < -0.39 is 17.1 Å². The number of thioether (sulfide) groups is 1. The molecule has 6 rings (SSSR count). The van der Waals surface area contributed by atoms with Crippen LogP contribution in [0, 0.1) is 0 Å². The number of hydrogen-bond donors (Lipinski definition) is 3. The fourth-order valence-electron chi connectivity index (χ4n) is 5.48. The van der Waals surface area contributed by atoms with Crippen molar-refractivity contribution in [2.45, 2.75) is 23.5 Å². The van der Waals surface area contributed by atoms with Crippen molar-refractivity contribution in [3.05, 3.63) is 165 Å². The summed E-state index contributed by atoms with van der Waals surface area (Å²) in [5.74, 6) is -1.96. The Bertz CT molecular complexity index is 2180. The summed E-state index contributed by atoms with van der Waals surface area (Å²) in [5.41, 5.74) is 2.69. The van der Waals surface area contributed by atoms with Crippen molar-refractivity contribution in [2.75, 3.05) is 10.6 Å². The molecule has 0 spiro atoms. The summed E-state index contributed by atoms with van der Waals surface area (Å²) in [4.78, 5) is 67.5. The second kappa shape index (κ2) is 15.2. The highest BCUT2D eigenvalue weighted by atomic mass is 35.5. The van der Waals surface area contributed by atoms with Crippen LogP contribution in [-0.4, -0.2) is 34.5 Å². The minimum absolute atomic E-state index is 0.0160. The van der Waals surface area contributed by atoms with E-state index in [1.54, 1.807) is 115 Å². The quantitative estimate of drug-likeness (QED) is 0.0983. The highest BCUT2D eigenvalue weighted by molar-refractivity contribution is 8.00. The summed E-state index contributed by atoms with van der Waals surface area (Å²) in [6, 6.07) is 34.0. The maximum atomic E-state index is 13.6. The highest BCUT2D eigenvalue weighted by Crippen LogP contribution is 2.34. The monoisotopic (exact) mass is 699 g/mol. The van der Waals surface area contributed by atoms with Crippen LogP contribution in [-0.2, 0) is 9.59 Å². The number of halogens is 1. The molecule has 248 valence electrons. The smallest absolute Gasteiger partial charge is 0.272 e. The molecule has 1 unspecified atom stereocenters. The summed E-state index contributed by atoms with van der Waals surface area (Å²) in [6.07, 6.45) is 1.96. The van der Waals surface area contributed by atoms with Gasteiger partial charge in [-0.25, -0.2) is 0 Å². The van der Waals surface area contributed by atoms with Crippen LogP contribution < -0.4 is 16.0 Å².